The van der Waals surface area contributed by atoms with E-state index in [9.17, 15) is 5.11 Å². The number of aliphatic hydroxyl groups is 2. The number of hydrogen-bond acceptors (Lipinski definition) is 3. The Bertz CT molecular complexity index is 91.6. The van der Waals surface area contributed by atoms with Crippen LogP contribution in [0.1, 0.15) is 12.8 Å². The first-order valence-electron chi connectivity index (χ1n) is 3.84. The van der Waals surface area contributed by atoms with Crippen LogP contribution in [0.4, 0.5) is 0 Å². The number of hydrogen-bond donors (Lipinski definition) is 3. The topological polar surface area (TPSA) is 52.5 Å². The molecule has 60 valence electrons. The summed E-state index contributed by atoms with van der Waals surface area (Å²) in [6, 6.07) is 0. The van der Waals surface area contributed by atoms with Crippen molar-refractivity contribution in [3.8, 4) is 0 Å². The van der Waals surface area contributed by atoms with Crippen LogP contribution in [0.25, 0.3) is 0 Å². The van der Waals surface area contributed by atoms with Gasteiger partial charge in [0.25, 0.3) is 0 Å². The lowest BCUT2D eigenvalue weighted by atomic mass is 9.94. The molecule has 0 unspecified atom stereocenters. The highest BCUT2D eigenvalue weighted by Crippen LogP contribution is 2.13. The van der Waals surface area contributed by atoms with E-state index >= 15 is 0 Å². The first-order chi connectivity index (χ1) is 4.84. The van der Waals surface area contributed by atoms with Crippen LogP contribution < -0.4 is 5.32 Å². The van der Waals surface area contributed by atoms with Gasteiger partial charge in [-0.15, -0.1) is 0 Å². The van der Waals surface area contributed by atoms with E-state index in [1.54, 1.807) is 0 Å². The predicted molar refractivity (Wildman–Crippen MR) is 38.7 cm³/mol. The molecule has 2 atom stereocenters. The first-order valence-corrected chi connectivity index (χ1v) is 3.84. The van der Waals surface area contributed by atoms with Gasteiger partial charge in [0.1, 0.15) is 0 Å². The van der Waals surface area contributed by atoms with Crippen LogP contribution in [0, 0.1) is 5.92 Å². The summed E-state index contributed by atoms with van der Waals surface area (Å²) in [6.45, 7) is 1.79. The minimum Gasteiger partial charge on any atom is -0.394 e. The zero-order valence-corrected chi connectivity index (χ0v) is 6.08. The Balaban J connectivity index is 2.24. The van der Waals surface area contributed by atoms with Gasteiger partial charge in [0.2, 0.25) is 0 Å². The molecule has 0 amide bonds. The van der Waals surface area contributed by atoms with Gasteiger partial charge in [0, 0.05) is 6.54 Å². The second kappa shape index (κ2) is 3.91. The normalized spacial score (nSPS) is 30.0. The van der Waals surface area contributed by atoms with Crippen LogP contribution in [0.2, 0.25) is 0 Å². The third-order valence-corrected chi connectivity index (χ3v) is 2.07. The van der Waals surface area contributed by atoms with Crippen molar-refractivity contribution in [1.29, 1.82) is 0 Å². The van der Waals surface area contributed by atoms with Crippen molar-refractivity contribution in [1.82, 2.24) is 5.32 Å². The third kappa shape index (κ3) is 1.94. The summed E-state index contributed by atoms with van der Waals surface area (Å²) >= 11 is 0. The van der Waals surface area contributed by atoms with Gasteiger partial charge in [-0.1, -0.05) is 0 Å². The minimum absolute atomic E-state index is 0.105. The number of aliphatic hydroxyl groups excluding tert-OH is 2. The summed E-state index contributed by atoms with van der Waals surface area (Å²) in [6.07, 6.45) is 1.63. The first kappa shape index (κ1) is 7.98. The molecule has 0 aliphatic carbocycles. The molecular weight excluding hydrogens is 130 g/mol. The Morgan fingerprint density at radius 1 is 1.60 bits per heavy atom. The summed E-state index contributed by atoms with van der Waals surface area (Å²) < 4.78 is 0. The molecule has 0 aromatic heterocycles. The smallest absolute Gasteiger partial charge is 0.0811 e. The van der Waals surface area contributed by atoms with Crippen molar-refractivity contribution in [2.45, 2.75) is 18.9 Å². The quantitative estimate of drug-likeness (QED) is 0.483. The molecule has 3 nitrogen and oxygen atoms in total. The summed E-state index contributed by atoms with van der Waals surface area (Å²) in [7, 11) is 0. The zero-order chi connectivity index (χ0) is 7.40. The summed E-state index contributed by atoms with van der Waals surface area (Å²) in [4.78, 5) is 0. The second-order valence-corrected chi connectivity index (χ2v) is 2.86. The SMILES string of the molecule is OC[C@H](O)[C@H]1CCCNC1. The monoisotopic (exact) mass is 145 g/mol. The molecule has 3 heteroatoms. The van der Waals surface area contributed by atoms with Crippen molar-refractivity contribution in [3.63, 3.8) is 0 Å². The van der Waals surface area contributed by atoms with Crippen molar-refractivity contribution in [3.05, 3.63) is 0 Å². The second-order valence-electron chi connectivity index (χ2n) is 2.86. The van der Waals surface area contributed by atoms with E-state index in [0.29, 0.717) is 0 Å². The maximum atomic E-state index is 9.19. The minimum atomic E-state index is -0.521. The van der Waals surface area contributed by atoms with Gasteiger partial charge >= 0.3 is 0 Å². The number of piperidine rings is 1. The van der Waals surface area contributed by atoms with E-state index in [1.165, 1.54) is 0 Å². The van der Waals surface area contributed by atoms with E-state index in [4.69, 9.17) is 5.11 Å². The maximum Gasteiger partial charge on any atom is 0.0811 e. The molecule has 0 spiro atoms. The lowest BCUT2D eigenvalue weighted by Gasteiger charge is -2.25. The van der Waals surface area contributed by atoms with Crippen LogP contribution in [0.5, 0.6) is 0 Å². The number of rotatable bonds is 2. The van der Waals surface area contributed by atoms with Gasteiger partial charge in [0.05, 0.1) is 12.7 Å². The largest absolute Gasteiger partial charge is 0.394 e. The van der Waals surface area contributed by atoms with Gasteiger partial charge in [0.15, 0.2) is 0 Å². The Hall–Kier alpha value is -0.120. The van der Waals surface area contributed by atoms with Crippen LogP contribution in [0.15, 0.2) is 0 Å². The molecule has 3 N–H and O–H groups in total. The molecule has 1 rings (SSSR count). The molecule has 0 bridgehead atoms. The van der Waals surface area contributed by atoms with E-state index in [1.807, 2.05) is 0 Å². The van der Waals surface area contributed by atoms with Crippen LogP contribution in [0.3, 0.4) is 0 Å². The molecule has 1 fully saturated rings. The lowest BCUT2D eigenvalue weighted by molar-refractivity contribution is 0.0377. The van der Waals surface area contributed by atoms with E-state index in [0.717, 1.165) is 25.9 Å². The molecule has 1 saturated heterocycles. The average molecular weight is 145 g/mol. The van der Waals surface area contributed by atoms with Gasteiger partial charge in [-0.3, -0.25) is 0 Å². The highest BCUT2D eigenvalue weighted by molar-refractivity contribution is 4.74. The Labute approximate surface area is 61.1 Å². The molecule has 1 aliphatic heterocycles. The molecular formula is C7H15NO2. The Morgan fingerprint density at radius 3 is 2.90 bits per heavy atom. The van der Waals surface area contributed by atoms with E-state index in [-0.39, 0.29) is 12.5 Å². The van der Waals surface area contributed by atoms with Gasteiger partial charge in [-0.2, -0.15) is 0 Å². The highest BCUT2D eigenvalue weighted by atomic mass is 16.3. The lowest BCUT2D eigenvalue weighted by Crippen LogP contribution is -2.38. The van der Waals surface area contributed by atoms with Gasteiger partial charge < -0.3 is 15.5 Å². The van der Waals surface area contributed by atoms with Crippen molar-refractivity contribution in [2.75, 3.05) is 19.7 Å². The molecule has 0 aromatic carbocycles. The standard InChI is InChI=1S/C7H15NO2/c9-5-7(10)6-2-1-3-8-4-6/h6-10H,1-5H2/t6-,7-/m0/s1. The van der Waals surface area contributed by atoms with E-state index in [2.05, 4.69) is 5.32 Å². The highest BCUT2D eigenvalue weighted by Gasteiger charge is 2.19. The average Bonchev–Trinajstić information content (AvgIpc) is 2.05. The van der Waals surface area contributed by atoms with Crippen molar-refractivity contribution >= 4 is 0 Å². The van der Waals surface area contributed by atoms with Crippen LogP contribution in [-0.4, -0.2) is 36.0 Å². The third-order valence-electron chi connectivity index (χ3n) is 2.07. The fraction of sp³-hybridized carbons (Fsp3) is 1.00. The van der Waals surface area contributed by atoms with Crippen molar-refractivity contribution in [2.24, 2.45) is 5.92 Å². The molecule has 1 heterocycles. The molecule has 0 aromatic rings. The fourth-order valence-corrected chi connectivity index (χ4v) is 1.36. The maximum absolute atomic E-state index is 9.19. The fourth-order valence-electron chi connectivity index (χ4n) is 1.36. The van der Waals surface area contributed by atoms with E-state index < -0.39 is 6.10 Å². The summed E-state index contributed by atoms with van der Waals surface area (Å²) in [5.74, 6) is 0.263. The van der Waals surface area contributed by atoms with Crippen molar-refractivity contribution < 1.29 is 10.2 Å². The Kier molecular flexibility index (Phi) is 3.12. The van der Waals surface area contributed by atoms with Crippen LogP contribution in [-0.2, 0) is 0 Å². The molecule has 1 aliphatic rings. The summed E-state index contributed by atoms with van der Waals surface area (Å²) in [5.41, 5.74) is 0. The molecule has 10 heavy (non-hydrogen) atoms. The van der Waals surface area contributed by atoms with Gasteiger partial charge in [-0.25, -0.2) is 0 Å². The molecule has 0 radical (unpaired) electrons. The Morgan fingerprint density at radius 2 is 2.40 bits per heavy atom. The summed E-state index contributed by atoms with van der Waals surface area (Å²) in [5, 5.41) is 21.0. The molecule has 0 saturated carbocycles. The number of nitrogens with one attached hydrogen (secondary N) is 1. The zero-order valence-electron chi connectivity index (χ0n) is 6.08. The van der Waals surface area contributed by atoms with Crippen LogP contribution >= 0.6 is 0 Å². The predicted octanol–water partition coefficient (Wildman–Crippen LogP) is -0.661. The van der Waals surface area contributed by atoms with Gasteiger partial charge in [-0.05, 0) is 25.3 Å².